The Morgan fingerprint density at radius 1 is 1.22 bits per heavy atom. The number of halogens is 2. The molecule has 0 unspecified atom stereocenters. The van der Waals surface area contributed by atoms with Crippen LogP contribution in [-0.4, -0.2) is 7.11 Å². The van der Waals surface area contributed by atoms with E-state index in [1.807, 2.05) is 24.3 Å². The summed E-state index contributed by atoms with van der Waals surface area (Å²) in [4.78, 5) is 0. The molecule has 3 N–H and O–H groups in total. The maximum atomic E-state index is 13.3. The van der Waals surface area contributed by atoms with Crippen molar-refractivity contribution in [3.05, 3.63) is 46.7 Å². The number of anilines is 3. The van der Waals surface area contributed by atoms with Crippen molar-refractivity contribution in [2.75, 3.05) is 18.2 Å². The van der Waals surface area contributed by atoms with Gasteiger partial charge in [-0.25, -0.2) is 4.39 Å². The zero-order valence-electron chi connectivity index (χ0n) is 9.71. The molecule has 18 heavy (non-hydrogen) atoms. The third kappa shape index (κ3) is 2.56. The molecule has 0 fully saturated rings. The van der Waals surface area contributed by atoms with Crippen molar-refractivity contribution in [1.29, 1.82) is 0 Å². The molecule has 0 aromatic heterocycles. The van der Waals surface area contributed by atoms with Crippen molar-refractivity contribution in [2.45, 2.75) is 0 Å². The summed E-state index contributed by atoms with van der Waals surface area (Å²) >= 11 is 3.13. The highest BCUT2D eigenvalue weighted by Gasteiger charge is 2.08. The lowest BCUT2D eigenvalue weighted by atomic mass is 10.2. The summed E-state index contributed by atoms with van der Waals surface area (Å²) in [5, 5.41) is 3.11. The molecule has 0 spiro atoms. The second-order valence-electron chi connectivity index (χ2n) is 3.68. The first-order chi connectivity index (χ1) is 8.61. The monoisotopic (exact) mass is 310 g/mol. The van der Waals surface area contributed by atoms with E-state index in [1.54, 1.807) is 13.2 Å². The maximum absolute atomic E-state index is 13.3. The van der Waals surface area contributed by atoms with Gasteiger partial charge < -0.3 is 15.8 Å². The van der Waals surface area contributed by atoms with E-state index in [0.717, 1.165) is 5.69 Å². The fraction of sp³-hybridized carbons (Fsp3) is 0.0769. The van der Waals surface area contributed by atoms with E-state index in [9.17, 15) is 4.39 Å². The Morgan fingerprint density at radius 2 is 1.94 bits per heavy atom. The van der Waals surface area contributed by atoms with Crippen LogP contribution in [0.3, 0.4) is 0 Å². The van der Waals surface area contributed by atoms with Gasteiger partial charge in [0.2, 0.25) is 0 Å². The Kier molecular flexibility index (Phi) is 3.72. The number of hydrogen-bond acceptors (Lipinski definition) is 3. The van der Waals surface area contributed by atoms with E-state index in [-0.39, 0.29) is 0 Å². The molecule has 2 aromatic rings. The molecule has 0 aliphatic rings. The molecule has 0 radical (unpaired) electrons. The predicted molar refractivity (Wildman–Crippen MR) is 74.8 cm³/mol. The highest BCUT2D eigenvalue weighted by Crippen LogP contribution is 2.32. The standard InChI is InChI=1S/C13H12BrFN2O/c1-18-13-5-3-2-4-11(13)17-12-6-8(14)9(15)7-10(12)16/h2-7,17H,16H2,1H3. The predicted octanol–water partition coefficient (Wildman–Crippen LogP) is 3.92. The van der Waals surface area contributed by atoms with Crippen LogP contribution in [0.2, 0.25) is 0 Å². The quantitative estimate of drug-likeness (QED) is 0.845. The first-order valence-electron chi connectivity index (χ1n) is 5.26. The molecular formula is C13H12BrFN2O. The maximum Gasteiger partial charge on any atom is 0.142 e. The van der Waals surface area contributed by atoms with E-state index in [0.29, 0.717) is 21.6 Å². The normalized spacial score (nSPS) is 10.2. The van der Waals surface area contributed by atoms with Crippen LogP contribution in [0.5, 0.6) is 5.75 Å². The molecule has 0 aliphatic heterocycles. The smallest absolute Gasteiger partial charge is 0.142 e. The van der Waals surface area contributed by atoms with Crippen LogP contribution in [0.1, 0.15) is 0 Å². The van der Waals surface area contributed by atoms with Gasteiger partial charge in [-0.05, 0) is 34.1 Å². The summed E-state index contributed by atoms with van der Waals surface area (Å²) in [6, 6.07) is 10.3. The molecule has 94 valence electrons. The molecule has 0 bridgehead atoms. The van der Waals surface area contributed by atoms with E-state index in [2.05, 4.69) is 21.2 Å². The second-order valence-corrected chi connectivity index (χ2v) is 4.53. The molecule has 0 saturated heterocycles. The molecule has 0 aliphatic carbocycles. The number of ether oxygens (including phenoxy) is 1. The van der Waals surface area contributed by atoms with Crippen LogP contribution in [0.15, 0.2) is 40.9 Å². The van der Waals surface area contributed by atoms with E-state index in [4.69, 9.17) is 10.5 Å². The van der Waals surface area contributed by atoms with Gasteiger partial charge in [-0.1, -0.05) is 12.1 Å². The lowest BCUT2D eigenvalue weighted by Crippen LogP contribution is -1.99. The topological polar surface area (TPSA) is 47.3 Å². The lowest BCUT2D eigenvalue weighted by Gasteiger charge is -2.13. The van der Waals surface area contributed by atoms with Crippen molar-refractivity contribution < 1.29 is 9.13 Å². The minimum Gasteiger partial charge on any atom is -0.495 e. The second kappa shape index (κ2) is 5.27. The number of benzene rings is 2. The summed E-state index contributed by atoms with van der Waals surface area (Å²) in [7, 11) is 1.59. The molecule has 2 rings (SSSR count). The minimum atomic E-state index is -0.391. The van der Waals surface area contributed by atoms with Gasteiger partial charge in [-0.2, -0.15) is 0 Å². The third-order valence-electron chi connectivity index (χ3n) is 2.47. The van der Waals surface area contributed by atoms with Gasteiger partial charge in [-0.15, -0.1) is 0 Å². The van der Waals surface area contributed by atoms with E-state index >= 15 is 0 Å². The molecule has 3 nitrogen and oxygen atoms in total. The van der Waals surface area contributed by atoms with Crippen LogP contribution >= 0.6 is 15.9 Å². The number of rotatable bonds is 3. The lowest BCUT2D eigenvalue weighted by molar-refractivity contribution is 0.417. The largest absolute Gasteiger partial charge is 0.495 e. The Balaban J connectivity index is 2.37. The van der Waals surface area contributed by atoms with Crippen molar-refractivity contribution in [2.24, 2.45) is 0 Å². The fourth-order valence-corrected chi connectivity index (χ4v) is 1.91. The Hall–Kier alpha value is -1.75. The van der Waals surface area contributed by atoms with Gasteiger partial charge >= 0.3 is 0 Å². The van der Waals surface area contributed by atoms with Gasteiger partial charge in [0.15, 0.2) is 0 Å². The van der Waals surface area contributed by atoms with Gasteiger partial charge in [0.05, 0.1) is 28.6 Å². The number of nitrogens with two attached hydrogens (primary N) is 1. The number of hydrogen-bond donors (Lipinski definition) is 2. The zero-order chi connectivity index (χ0) is 13.1. The Morgan fingerprint density at radius 3 is 2.67 bits per heavy atom. The van der Waals surface area contributed by atoms with Gasteiger partial charge in [-0.3, -0.25) is 0 Å². The van der Waals surface area contributed by atoms with Crippen molar-refractivity contribution in [3.8, 4) is 5.75 Å². The Bertz CT molecular complexity index is 575. The summed E-state index contributed by atoms with van der Waals surface area (Å²) in [6.45, 7) is 0. The van der Waals surface area contributed by atoms with Crippen molar-refractivity contribution in [3.63, 3.8) is 0 Å². The minimum absolute atomic E-state index is 0.335. The van der Waals surface area contributed by atoms with Crippen LogP contribution < -0.4 is 15.8 Å². The van der Waals surface area contributed by atoms with Gasteiger partial charge in [0.25, 0.3) is 0 Å². The number of methoxy groups -OCH3 is 1. The zero-order valence-corrected chi connectivity index (χ0v) is 11.3. The van der Waals surface area contributed by atoms with Gasteiger partial charge in [0, 0.05) is 6.07 Å². The van der Waals surface area contributed by atoms with Crippen LogP contribution in [0.4, 0.5) is 21.5 Å². The summed E-state index contributed by atoms with van der Waals surface area (Å²) in [5.74, 6) is 0.301. The Labute approximate surface area is 113 Å². The average Bonchev–Trinajstić information content (AvgIpc) is 2.36. The SMILES string of the molecule is COc1ccccc1Nc1cc(Br)c(F)cc1N. The fourth-order valence-electron chi connectivity index (χ4n) is 1.56. The number of nitrogen functional groups attached to an aromatic ring is 1. The van der Waals surface area contributed by atoms with E-state index < -0.39 is 5.82 Å². The van der Waals surface area contributed by atoms with Crippen LogP contribution in [0.25, 0.3) is 0 Å². The highest BCUT2D eigenvalue weighted by molar-refractivity contribution is 9.10. The molecule has 0 atom stereocenters. The molecular weight excluding hydrogens is 299 g/mol. The molecule has 2 aromatic carbocycles. The van der Waals surface area contributed by atoms with Crippen molar-refractivity contribution >= 4 is 33.0 Å². The molecule has 5 heteroatoms. The van der Waals surface area contributed by atoms with Crippen LogP contribution in [0, 0.1) is 5.82 Å². The van der Waals surface area contributed by atoms with E-state index in [1.165, 1.54) is 6.07 Å². The summed E-state index contributed by atoms with van der Waals surface area (Å²) < 4.78 is 18.8. The van der Waals surface area contributed by atoms with Crippen molar-refractivity contribution in [1.82, 2.24) is 0 Å². The summed E-state index contributed by atoms with van der Waals surface area (Å²) in [6.07, 6.45) is 0. The first kappa shape index (κ1) is 12.7. The van der Waals surface area contributed by atoms with Gasteiger partial charge in [0.1, 0.15) is 11.6 Å². The molecule has 0 amide bonds. The highest BCUT2D eigenvalue weighted by atomic mass is 79.9. The van der Waals surface area contributed by atoms with Crippen LogP contribution in [-0.2, 0) is 0 Å². The first-order valence-corrected chi connectivity index (χ1v) is 6.05. The third-order valence-corrected chi connectivity index (χ3v) is 3.08. The average molecular weight is 311 g/mol. The molecule has 0 saturated carbocycles. The summed E-state index contributed by atoms with van der Waals surface area (Å²) in [5.41, 5.74) is 7.49. The molecule has 0 heterocycles. The number of para-hydroxylation sites is 2. The number of nitrogens with one attached hydrogen (secondary N) is 1.